The summed E-state index contributed by atoms with van der Waals surface area (Å²) in [4.78, 5) is 20.0. The fourth-order valence-corrected chi connectivity index (χ4v) is 2.49. The number of hydrogen-bond acceptors (Lipinski definition) is 5. The number of hydrogen-bond donors (Lipinski definition) is 2. The summed E-state index contributed by atoms with van der Waals surface area (Å²) >= 11 is 0. The van der Waals surface area contributed by atoms with Gasteiger partial charge in [-0.05, 0) is 26.0 Å². The van der Waals surface area contributed by atoms with Crippen LogP contribution in [0.2, 0.25) is 0 Å². The van der Waals surface area contributed by atoms with Gasteiger partial charge < -0.3 is 29.4 Å². The summed E-state index contributed by atoms with van der Waals surface area (Å²) < 4.78 is 10.2. The zero-order chi connectivity index (χ0) is 17.4. The van der Waals surface area contributed by atoms with Gasteiger partial charge >= 0.3 is 6.09 Å². The molecule has 1 aliphatic rings. The number of nitrogens with zero attached hydrogens (tertiary/aromatic N) is 3. The Balaban J connectivity index is 1.91. The number of nitrogens with one attached hydrogen (secondary N) is 1. The van der Waals surface area contributed by atoms with E-state index < -0.39 is 6.10 Å². The summed E-state index contributed by atoms with van der Waals surface area (Å²) in [7, 11) is 0. The van der Waals surface area contributed by atoms with Crippen molar-refractivity contribution in [2.75, 3.05) is 45.9 Å². The summed E-state index contributed by atoms with van der Waals surface area (Å²) in [6, 6.07) is 3.47. The Kier molecular flexibility index (Phi) is 6.92. The van der Waals surface area contributed by atoms with Crippen molar-refractivity contribution in [2.45, 2.75) is 20.0 Å². The third kappa shape index (κ3) is 4.89. The molecule has 1 saturated heterocycles. The largest absolute Gasteiger partial charge is 0.467 e. The number of rotatable bonds is 5. The molecule has 1 unspecified atom stereocenters. The first kappa shape index (κ1) is 18.1. The van der Waals surface area contributed by atoms with Crippen molar-refractivity contribution in [3.63, 3.8) is 0 Å². The van der Waals surface area contributed by atoms with Crippen LogP contribution in [0.25, 0.3) is 0 Å². The van der Waals surface area contributed by atoms with Gasteiger partial charge in [0.15, 0.2) is 5.96 Å². The molecule has 8 nitrogen and oxygen atoms in total. The second kappa shape index (κ2) is 9.17. The average molecular weight is 338 g/mol. The normalized spacial score (nSPS) is 16.9. The summed E-state index contributed by atoms with van der Waals surface area (Å²) in [5, 5.41) is 13.3. The maximum atomic E-state index is 11.7. The Hall–Kier alpha value is -2.22. The smallest absolute Gasteiger partial charge is 0.409 e. The van der Waals surface area contributed by atoms with Gasteiger partial charge in [0.2, 0.25) is 0 Å². The molecule has 1 fully saturated rings. The lowest BCUT2D eigenvalue weighted by Gasteiger charge is -2.36. The van der Waals surface area contributed by atoms with Crippen molar-refractivity contribution < 1.29 is 19.1 Å². The van der Waals surface area contributed by atoms with Crippen LogP contribution in [0.5, 0.6) is 0 Å². The minimum Gasteiger partial charge on any atom is -0.467 e. The van der Waals surface area contributed by atoms with Crippen LogP contribution in [0, 0.1) is 0 Å². The van der Waals surface area contributed by atoms with E-state index in [1.54, 1.807) is 24.0 Å². The van der Waals surface area contributed by atoms with Gasteiger partial charge in [0.25, 0.3) is 0 Å². The zero-order valence-corrected chi connectivity index (χ0v) is 14.3. The summed E-state index contributed by atoms with van der Waals surface area (Å²) in [5.74, 6) is 1.23. The Morgan fingerprint density at radius 1 is 1.38 bits per heavy atom. The first-order chi connectivity index (χ1) is 11.7. The molecule has 0 saturated carbocycles. The highest BCUT2D eigenvalue weighted by Crippen LogP contribution is 2.13. The van der Waals surface area contributed by atoms with Crippen molar-refractivity contribution in [1.82, 2.24) is 15.1 Å². The molecule has 0 aromatic carbocycles. The van der Waals surface area contributed by atoms with E-state index in [0.717, 1.165) is 12.5 Å². The molecule has 0 spiro atoms. The molecule has 1 atom stereocenters. The number of carbonyl (C=O) groups excluding carboxylic acids is 1. The zero-order valence-electron chi connectivity index (χ0n) is 14.3. The average Bonchev–Trinajstić information content (AvgIpc) is 3.13. The van der Waals surface area contributed by atoms with Gasteiger partial charge in [-0.2, -0.15) is 0 Å². The van der Waals surface area contributed by atoms with Crippen LogP contribution in [0.4, 0.5) is 4.79 Å². The third-order valence-corrected chi connectivity index (χ3v) is 3.73. The fraction of sp³-hybridized carbons (Fsp3) is 0.625. The van der Waals surface area contributed by atoms with Crippen LogP contribution in [-0.2, 0) is 4.74 Å². The van der Waals surface area contributed by atoms with Crippen LogP contribution in [0.15, 0.2) is 27.8 Å². The van der Waals surface area contributed by atoms with Gasteiger partial charge in [0, 0.05) is 32.7 Å². The Morgan fingerprint density at radius 2 is 2.08 bits per heavy atom. The Bertz CT molecular complexity index is 524. The van der Waals surface area contributed by atoms with Crippen LogP contribution >= 0.6 is 0 Å². The molecule has 2 N–H and O–H groups in total. The van der Waals surface area contributed by atoms with Crippen molar-refractivity contribution in [3.8, 4) is 0 Å². The van der Waals surface area contributed by atoms with Crippen LogP contribution in [0.1, 0.15) is 25.7 Å². The molecule has 1 amide bonds. The van der Waals surface area contributed by atoms with E-state index in [0.29, 0.717) is 38.5 Å². The van der Waals surface area contributed by atoms with E-state index >= 15 is 0 Å². The first-order valence-electron chi connectivity index (χ1n) is 8.32. The molecule has 2 heterocycles. The highest BCUT2D eigenvalue weighted by atomic mass is 16.6. The summed E-state index contributed by atoms with van der Waals surface area (Å²) in [5.41, 5.74) is 0. The fourth-order valence-electron chi connectivity index (χ4n) is 2.49. The van der Waals surface area contributed by atoms with E-state index in [2.05, 4.69) is 15.2 Å². The third-order valence-electron chi connectivity index (χ3n) is 3.73. The number of amides is 1. The predicted octanol–water partition coefficient (Wildman–Crippen LogP) is 1.05. The minimum absolute atomic E-state index is 0.216. The maximum Gasteiger partial charge on any atom is 0.409 e. The van der Waals surface area contributed by atoms with E-state index in [1.807, 2.05) is 6.92 Å². The number of furan rings is 1. The second-order valence-electron chi connectivity index (χ2n) is 5.40. The highest BCUT2D eigenvalue weighted by Gasteiger charge is 2.24. The van der Waals surface area contributed by atoms with E-state index in [4.69, 9.17) is 9.15 Å². The minimum atomic E-state index is -0.769. The van der Waals surface area contributed by atoms with Crippen molar-refractivity contribution in [3.05, 3.63) is 24.2 Å². The standard InChI is InChI=1S/C16H26N4O4/c1-3-17-15(18-12-13(21)14-6-5-11-24-14)19-7-9-20(10-8-19)16(22)23-4-2/h5-6,11,13,21H,3-4,7-10,12H2,1-2H3,(H,17,18). The number of guanidine groups is 1. The number of carbonyl (C=O) groups is 1. The summed E-state index contributed by atoms with van der Waals surface area (Å²) in [6.45, 7) is 7.63. The van der Waals surface area contributed by atoms with Gasteiger partial charge in [0.05, 0.1) is 19.4 Å². The SMILES string of the molecule is CCNC(=NCC(O)c1ccco1)N1CCN(C(=O)OCC)CC1. The highest BCUT2D eigenvalue weighted by molar-refractivity contribution is 5.80. The van der Waals surface area contributed by atoms with Crippen molar-refractivity contribution in [1.29, 1.82) is 0 Å². The molecule has 2 rings (SSSR count). The Labute approximate surface area is 142 Å². The lowest BCUT2D eigenvalue weighted by Crippen LogP contribution is -2.54. The molecule has 1 aromatic heterocycles. The van der Waals surface area contributed by atoms with E-state index in [-0.39, 0.29) is 12.6 Å². The van der Waals surface area contributed by atoms with Gasteiger partial charge in [-0.3, -0.25) is 0 Å². The molecule has 24 heavy (non-hydrogen) atoms. The molecule has 0 bridgehead atoms. The number of aliphatic imine (C=N–C) groups is 1. The van der Waals surface area contributed by atoms with Gasteiger partial charge in [-0.25, -0.2) is 9.79 Å². The molecular weight excluding hydrogens is 312 g/mol. The molecular formula is C16H26N4O4. The van der Waals surface area contributed by atoms with Crippen LogP contribution < -0.4 is 5.32 Å². The molecule has 0 radical (unpaired) electrons. The molecule has 1 aliphatic heterocycles. The number of ether oxygens (including phenoxy) is 1. The molecule has 1 aromatic rings. The van der Waals surface area contributed by atoms with Crippen molar-refractivity contribution in [2.24, 2.45) is 4.99 Å². The second-order valence-corrected chi connectivity index (χ2v) is 5.40. The number of piperazine rings is 1. The monoisotopic (exact) mass is 338 g/mol. The number of aliphatic hydroxyl groups excluding tert-OH is 1. The topological polar surface area (TPSA) is 90.5 Å². The maximum absolute atomic E-state index is 11.7. The molecule has 0 aliphatic carbocycles. The van der Waals surface area contributed by atoms with E-state index in [9.17, 15) is 9.90 Å². The van der Waals surface area contributed by atoms with Gasteiger partial charge in [-0.15, -0.1) is 0 Å². The van der Waals surface area contributed by atoms with Crippen LogP contribution in [0.3, 0.4) is 0 Å². The lowest BCUT2D eigenvalue weighted by atomic mass is 10.3. The van der Waals surface area contributed by atoms with Crippen molar-refractivity contribution >= 4 is 12.1 Å². The molecule has 8 heteroatoms. The first-order valence-corrected chi connectivity index (χ1v) is 8.32. The van der Waals surface area contributed by atoms with Crippen LogP contribution in [-0.4, -0.2) is 72.8 Å². The number of aliphatic hydroxyl groups is 1. The summed E-state index contributed by atoms with van der Waals surface area (Å²) in [6.07, 6.45) is 0.490. The Morgan fingerprint density at radius 3 is 2.67 bits per heavy atom. The van der Waals surface area contributed by atoms with E-state index in [1.165, 1.54) is 6.26 Å². The quantitative estimate of drug-likeness (QED) is 0.616. The molecule has 134 valence electrons. The van der Waals surface area contributed by atoms with Gasteiger partial charge in [0.1, 0.15) is 11.9 Å². The lowest BCUT2D eigenvalue weighted by molar-refractivity contribution is 0.0913. The predicted molar refractivity (Wildman–Crippen MR) is 89.8 cm³/mol. The van der Waals surface area contributed by atoms with Gasteiger partial charge in [-0.1, -0.05) is 0 Å².